The molecule has 1 aromatic rings. The van der Waals surface area contributed by atoms with Gasteiger partial charge in [-0.3, -0.25) is 4.90 Å². The summed E-state index contributed by atoms with van der Waals surface area (Å²) in [5, 5.41) is 41.6. The van der Waals surface area contributed by atoms with E-state index in [0.29, 0.717) is 13.1 Å². The molecule has 8 heteroatoms. The second kappa shape index (κ2) is 10.1. The van der Waals surface area contributed by atoms with Crippen molar-refractivity contribution in [2.75, 3.05) is 31.6 Å². The van der Waals surface area contributed by atoms with Crippen molar-refractivity contribution in [1.82, 2.24) is 4.90 Å². The summed E-state index contributed by atoms with van der Waals surface area (Å²) in [6.07, 6.45) is -0.0691. The van der Waals surface area contributed by atoms with E-state index < -0.39 is 36.0 Å². The molecule has 1 aromatic carbocycles. The van der Waals surface area contributed by atoms with E-state index in [9.17, 15) is 29.2 Å². The number of unbranched alkanes of at least 4 members (excludes halogenated alkanes) is 3. The molecule has 1 saturated heterocycles. The van der Waals surface area contributed by atoms with Crippen LogP contribution in [0.3, 0.4) is 0 Å². The number of halogens is 2. The number of nitrogens with one attached hydrogen (secondary N) is 1. The van der Waals surface area contributed by atoms with Gasteiger partial charge in [0.15, 0.2) is 0 Å². The number of piperidine rings is 1. The molecule has 1 aliphatic rings. The van der Waals surface area contributed by atoms with Crippen LogP contribution in [0, 0.1) is 11.6 Å². The molecule has 4 atom stereocenters. The molecule has 0 saturated carbocycles. The zero-order chi connectivity index (χ0) is 19.1. The van der Waals surface area contributed by atoms with Crippen molar-refractivity contribution in [2.24, 2.45) is 0 Å². The van der Waals surface area contributed by atoms with Crippen molar-refractivity contribution in [1.29, 1.82) is 0 Å². The van der Waals surface area contributed by atoms with Crippen LogP contribution in [0.4, 0.5) is 14.5 Å². The van der Waals surface area contributed by atoms with Crippen LogP contribution in [0.2, 0.25) is 0 Å². The molecule has 0 aliphatic carbocycles. The van der Waals surface area contributed by atoms with E-state index in [2.05, 4.69) is 5.32 Å². The topological polar surface area (TPSA) is 96.2 Å². The Morgan fingerprint density at radius 1 is 1.04 bits per heavy atom. The highest BCUT2D eigenvalue weighted by Gasteiger charge is 2.40. The van der Waals surface area contributed by atoms with E-state index in [1.165, 1.54) is 0 Å². The molecule has 0 amide bonds. The summed E-state index contributed by atoms with van der Waals surface area (Å²) >= 11 is 0. The number of benzene rings is 1. The van der Waals surface area contributed by atoms with Crippen LogP contribution in [0.15, 0.2) is 18.2 Å². The molecule has 0 bridgehead atoms. The van der Waals surface area contributed by atoms with Gasteiger partial charge in [0.05, 0.1) is 24.4 Å². The van der Waals surface area contributed by atoms with E-state index in [0.717, 1.165) is 43.9 Å². The lowest BCUT2D eigenvalue weighted by Crippen LogP contribution is -2.62. The third-order valence-corrected chi connectivity index (χ3v) is 4.83. The first kappa shape index (κ1) is 21.0. The zero-order valence-corrected chi connectivity index (χ0v) is 14.7. The van der Waals surface area contributed by atoms with Gasteiger partial charge in [0.1, 0.15) is 23.8 Å². The second-order valence-electron chi connectivity index (χ2n) is 6.76. The second-order valence-corrected chi connectivity index (χ2v) is 6.76. The average molecular weight is 374 g/mol. The van der Waals surface area contributed by atoms with Crippen LogP contribution in [-0.4, -0.2) is 75.9 Å². The summed E-state index contributed by atoms with van der Waals surface area (Å²) in [6.45, 7) is 1.06. The van der Waals surface area contributed by atoms with Crippen LogP contribution < -0.4 is 5.32 Å². The number of likely N-dealkylation sites (tertiary alicyclic amines) is 1. The first-order chi connectivity index (χ1) is 12.4. The molecule has 6 nitrogen and oxygen atoms in total. The summed E-state index contributed by atoms with van der Waals surface area (Å²) in [7, 11) is 0. The van der Waals surface area contributed by atoms with Gasteiger partial charge in [-0.05, 0) is 37.6 Å². The van der Waals surface area contributed by atoms with Gasteiger partial charge in [0, 0.05) is 13.1 Å². The molecule has 0 aromatic heterocycles. The fourth-order valence-corrected chi connectivity index (χ4v) is 3.28. The quantitative estimate of drug-likeness (QED) is 0.408. The first-order valence-corrected chi connectivity index (χ1v) is 9.02. The molecule has 0 spiro atoms. The first-order valence-electron chi connectivity index (χ1n) is 9.02. The van der Waals surface area contributed by atoms with Crippen molar-refractivity contribution in [3.05, 3.63) is 29.8 Å². The Kier molecular flexibility index (Phi) is 8.17. The van der Waals surface area contributed by atoms with Crippen molar-refractivity contribution in [3.63, 3.8) is 0 Å². The Morgan fingerprint density at radius 2 is 1.77 bits per heavy atom. The summed E-state index contributed by atoms with van der Waals surface area (Å²) in [6, 6.07) is 2.72. The van der Waals surface area contributed by atoms with Gasteiger partial charge in [-0.15, -0.1) is 0 Å². The Hall–Kier alpha value is -1.32. The molecule has 1 aliphatic heterocycles. The number of hydrogen-bond donors (Lipinski definition) is 5. The standard InChI is InChI=1S/C18H28F2N2O4/c19-12-5-6-13(20)14(9-12)21-7-3-1-2-4-8-22-10-16(24)18(26)17(25)15(22)11-23/h5-6,9,15-18,21,23-26H,1-4,7-8,10-11H2/t15-,16+,17-,18-/m1/s1. The summed E-state index contributed by atoms with van der Waals surface area (Å²) < 4.78 is 26.5. The van der Waals surface area contributed by atoms with Gasteiger partial charge in [-0.25, -0.2) is 8.78 Å². The molecule has 148 valence electrons. The lowest BCUT2D eigenvalue weighted by Gasteiger charge is -2.43. The van der Waals surface area contributed by atoms with Crippen LogP contribution in [0.25, 0.3) is 0 Å². The normalized spacial score (nSPS) is 26.8. The number of nitrogens with zero attached hydrogens (tertiary/aromatic N) is 1. The molecule has 0 radical (unpaired) electrons. The molecule has 26 heavy (non-hydrogen) atoms. The fraction of sp³-hybridized carbons (Fsp3) is 0.667. The summed E-state index contributed by atoms with van der Waals surface area (Å²) in [5.41, 5.74) is 0.158. The van der Waals surface area contributed by atoms with E-state index >= 15 is 0 Å². The molecular formula is C18H28F2N2O4. The Morgan fingerprint density at radius 3 is 2.50 bits per heavy atom. The third-order valence-electron chi connectivity index (χ3n) is 4.83. The molecule has 0 unspecified atom stereocenters. The fourth-order valence-electron chi connectivity index (χ4n) is 3.28. The highest BCUT2D eigenvalue weighted by molar-refractivity contribution is 5.44. The number of β-amino-alcohol motifs (C(OH)–C–C–N with tert-alkyl or cyclic N) is 1. The minimum absolute atomic E-state index is 0.158. The molecule has 2 rings (SSSR count). The highest BCUT2D eigenvalue weighted by Crippen LogP contribution is 2.20. The number of rotatable bonds is 9. The van der Waals surface area contributed by atoms with Crippen molar-refractivity contribution in [2.45, 2.75) is 50.0 Å². The minimum Gasteiger partial charge on any atom is -0.395 e. The average Bonchev–Trinajstić information content (AvgIpc) is 2.62. The van der Waals surface area contributed by atoms with Crippen molar-refractivity contribution >= 4 is 5.69 Å². The number of hydrogen-bond acceptors (Lipinski definition) is 6. The van der Waals surface area contributed by atoms with Crippen LogP contribution in [0.5, 0.6) is 0 Å². The predicted molar refractivity (Wildman–Crippen MR) is 93.8 cm³/mol. The smallest absolute Gasteiger partial charge is 0.146 e. The van der Waals surface area contributed by atoms with Gasteiger partial charge in [0.25, 0.3) is 0 Å². The number of aliphatic hydroxyl groups excluding tert-OH is 4. The monoisotopic (exact) mass is 374 g/mol. The Labute approximate surface area is 152 Å². The molecular weight excluding hydrogens is 346 g/mol. The van der Waals surface area contributed by atoms with E-state index in [1.807, 2.05) is 0 Å². The van der Waals surface area contributed by atoms with Crippen LogP contribution in [-0.2, 0) is 0 Å². The van der Waals surface area contributed by atoms with Gasteiger partial charge in [-0.1, -0.05) is 12.8 Å². The van der Waals surface area contributed by atoms with Gasteiger partial charge >= 0.3 is 0 Å². The van der Waals surface area contributed by atoms with Crippen LogP contribution in [0.1, 0.15) is 25.7 Å². The molecule has 5 N–H and O–H groups in total. The van der Waals surface area contributed by atoms with E-state index in [-0.39, 0.29) is 18.8 Å². The molecule has 1 heterocycles. The number of aliphatic hydroxyl groups is 4. The van der Waals surface area contributed by atoms with Crippen LogP contribution >= 0.6 is 0 Å². The van der Waals surface area contributed by atoms with Gasteiger partial charge < -0.3 is 25.7 Å². The lowest BCUT2D eigenvalue weighted by atomic mass is 9.94. The lowest BCUT2D eigenvalue weighted by molar-refractivity contribution is -0.145. The Bertz CT molecular complexity index is 564. The third kappa shape index (κ3) is 5.59. The summed E-state index contributed by atoms with van der Waals surface area (Å²) in [5.74, 6) is -0.964. The minimum atomic E-state index is -1.24. The maximum absolute atomic E-state index is 13.5. The van der Waals surface area contributed by atoms with E-state index in [4.69, 9.17) is 0 Å². The SMILES string of the molecule is OC[C@@H]1[C@@H](O)[C@H](O)[C@@H](O)CN1CCCCCCNc1cc(F)ccc1F. The maximum atomic E-state index is 13.5. The van der Waals surface area contributed by atoms with Gasteiger partial charge in [0.2, 0.25) is 0 Å². The highest BCUT2D eigenvalue weighted by atomic mass is 19.1. The zero-order valence-electron chi connectivity index (χ0n) is 14.7. The molecule has 1 fully saturated rings. The summed E-state index contributed by atoms with van der Waals surface area (Å²) in [4.78, 5) is 1.79. The number of anilines is 1. The van der Waals surface area contributed by atoms with Crippen molar-refractivity contribution < 1.29 is 29.2 Å². The van der Waals surface area contributed by atoms with E-state index in [1.54, 1.807) is 4.90 Å². The predicted octanol–water partition coefficient (Wildman–Crippen LogP) is 0.696. The van der Waals surface area contributed by atoms with Crippen molar-refractivity contribution in [3.8, 4) is 0 Å². The Balaban J connectivity index is 1.63. The largest absolute Gasteiger partial charge is 0.395 e. The van der Waals surface area contributed by atoms with Gasteiger partial charge in [-0.2, -0.15) is 0 Å². The maximum Gasteiger partial charge on any atom is 0.146 e.